The number of fused-ring (bicyclic) bond motifs is 1. The van der Waals surface area contributed by atoms with Crippen LogP contribution in [0, 0.1) is 0 Å². The van der Waals surface area contributed by atoms with E-state index in [1.165, 1.54) is 0 Å². The maximum absolute atomic E-state index is 12.9. The van der Waals surface area contributed by atoms with Gasteiger partial charge >= 0.3 is 12.4 Å². The van der Waals surface area contributed by atoms with Crippen LogP contribution in [-0.4, -0.2) is 17.5 Å². The molecule has 0 aliphatic carbocycles. The van der Waals surface area contributed by atoms with Crippen molar-refractivity contribution in [2.75, 3.05) is 5.32 Å². The molecule has 0 unspecified atom stereocenters. The maximum Gasteiger partial charge on any atom is 0.430 e. The fourth-order valence-electron chi connectivity index (χ4n) is 2.34. The van der Waals surface area contributed by atoms with E-state index >= 15 is 0 Å². The molecule has 1 aromatic carbocycles. The Hall–Kier alpha value is -1.70. The van der Waals surface area contributed by atoms with E-state index < -0.39 is 23.5 Å². The number of nitrogens with one attached hydrogen (secondary N) is 1. The van der Waals surface area contributed by atoms with Gasteiger partial charge in [-0.15, -0.1) is 0 Å². The minimum absolute atomic E-state index is 0.277. The first-order valence-electron chi connectivity index (χ1n) is 6.40. The summed E-state index contributed by atoms with van der Waals surface area (Å²) in [5.41, 5.74) is -4.63. The quantitative estimate of drug-likeness (QED) is 0.756. The maximum atomic E-state index is 12.9. The normalized spacial score (nSPS) is 16.5. The first-order chi connectivity index (χ1) is 9.97. The third kappa shape index (κ3) is 2.67. The first-order valence-corrected chi connectivity index (χ1v) is 6.40. The highest BCUT2D eigenvalue weighted by Crippen LogP contribution is 2.50. The van der Waals surface area contributed by atoms with E-state index in [0.717, 1.165) is 17.8 Å². The first kappa shape index (κ1) is 16.7. The summed E-state index contributed by atoms with van der Waals surface area (Å²) in [7, 11) is 0. The number of hydrogen-bond donors (Lipinski definition) is 2. The molecular weight excluding hydrogens is 312 g/mol. The fourth-order valence-corrected chi connectivity index (χ4v) is 2.34. The third-order valence-corrected chi connectivity index (χ3v) is 3.54. The van der Waals surface area contributed by atoms with Crippen molar-refractivity contribution in [3.8, 4) is 0 Å². The van der Waals surface area contributed by atoms with Crippen molar-refractivity contribution in [3.63, 3.8) is 0 Å². The number of aliphatic hydroxyl groups is 1. The molecule has 0 fully saturated rings. The van der Waals surface area contributed by atoms with E-state index in [1.807, 2.05) is 0 Å². The van der Waals surface area contributed by atoms with Crippen LogP contribution in [0.2, 0.25) is 0 Å². The summed E-state index contributed by atoms with van der Waals surface area (Å²) < 4.78 is 77.2. The molecule has 0 amide bonds. The van der Waals surface area contributed by atoms with Gasteiger partial charge in [0.2, 0.25) is 0 Å². The van der Waals surface area contributed by atoms with E-state index in [9.17, 15) is 31.4 Å². The van der Waals surface area contributed by atoms with Crippen LogP contribution in [0.25, 0.3) is 0 Å². The van der Waals surface area contributed by atoms with Gasteiger partial charge in [-0.1, -0.05) is 18.2 Å². The summed E-state index contributed by atoms with van der Waals surface area (Å²) >= 11 is 0. The predicted molar refractivity (Wildman–Crippen MR) is 68.1 cm³/mol. The van der Waals surface area contributed by atoms with Crippen LogP contribution >= 0.6 is 0 Å². The molecule has 8 heteroatoms. The molecule has 0 aromatic heterocycles. The van der Waals surface area contributed by atoms with E-state index in [-0.39, 0.29) is 12.0 Å². The Bertz CT molecular complexity index is 588. The second-order valence-corrected chi connectivity index (χ2v) is 5.13. The molecule has 0 bridgehead atoms. The number of aryl methyl sites for hydroxylation is 1. The summed E-state index contributed by atoms with van der Waals surface area (Å²) in [6.45, 7) is 1.74. The highest BCUT2D eigenvalue weighted by atomic mass is 19.4. The van der Waals surface area contributed by atoms with Crippen molar-refractivity contribution in [1.29, 1.82) is 0 Å². The van der Waals surface area contributed by atoms with Gasteiger partial charge in [0.1, 0.15) is 0 Å². The van der Waals surface area contributed by atoms with E-state index in [1.54, 1.807) is 13.0 Å². The van der Waals surface area contributed by atoms with Gasteiger partial charge in [0.25, 0.3) is 5.60 Å². The van der Waals surface area contributed by atoms with Gasteiger partial charge in [-0.25, -0.2) is 0 Å². The van der Waals surface area contributed by atoms with Crippen LogP contribution in [0.1, 0.15) is 24.5 Å². The number of benzene rings is 1. The monoisotopic (exact) mass is 325 g/mol. The smallest absolute Gasteiger partial charge is 0.369 e. The molecule has 0 saturated heterocycles. The molecule has 1 aliphatic heterocycles. The lowest BCUT2D eigenvalue weighted by atomic mass is 9.90. The van der Waals surface area contributed by atoms with Gasteiger partial charge in [0, 0.05) is 16.9 Å². The Morgan fingerprint density at radius 3 is 2.18 bits per heavy atom. The van der Waals surface area contributed by atoms with Crippen LogP contribution in [-0.2, 0) is 12.0 Å². The molecule has 2 nitrogen and oxygen atoms in total. The van der Waals surface area contributed by atoms with Crippen molar-refractivity contribution in [2.24, 2.45) is 0 Å². The zero-order chi connectivity index (χ0) is 16.8. The largest absolute Gasteiger partial charge is 0.430 e. The SMILES string of the molecule is CC1=CCCc2cc(C(O)(C(F)(F)F)C(F)(F)F)ccc2N1. The summed E-state index contributed by atoms with van der Waals surface area (Å²) in [5.74, 6) is 0. The van der Waals surface area contributed by atoms with Gasteiger partial charge in [-0.2, -0.15) is 26.3 Å². The van der Waals surface area contributed by atoms with Crippen molar-refractivity contribution < 1.29 is 31.4 Å². The van der Waals surface area contributed by atoms with Crippen molar-refractivity contribution in [1.82, 2.24) is 0 Å². The molecule has 1 heterocycles. The lowest BCUT2D eigenvalue weighted by Crippen LogP contribution is -2.53. The molecule has 0 spiro atoms. The molecule has 1 aromatic rings. The summed E-state index contributed by atoms with van der Waals surface area (Å²) in [5, 5.41) is 12.3. The molecule has 2 rings (SSSR count). The highest BCUT2D eigenvalue weighted by molar-refractivity contribution is 5.58. The molecule has 22 heavy (non-hydrogen) atoms. The van der Waals surface area contributed by atoms with E-state index in [2.05, 4.69) is 5.32 Å². The van der Waals surface area contributed by atoms with Crippen LogP contribution in [0.3, 0.4) is 0 Å². The van der Waals surface area contributed by atoms with Gasteiger partial charge in [0.15, 0.2) is 0 Å². The standard InChI is InChI=1S/C14H13F6NO/c1-8-3-2-4-9-7-10(5-6-11(9)21-8)12(22,13(15,16)17)14(18,19)20/h3,5-7,21-22H,2,4H2,1H3. The number of hydrogen-bond acceptors (Lipinski definition) is 2. The summed E-state index contributed by atoms with van der Waals surface area (Å²) in [6.07, 6.45) is -9.19. The molecular formula is C14H13F6NO. The minimum Gasteiger partial charge on any atom is -0.369 e. The van der Waals surface area contributed by atoms with E-state index in [0.29, 0.717) is 18.2 Å². The van der Waals surface area contributed by atoms with Crippen LogP contribution in [0.4, 0.5) is 32.0 Å². The molecule has 0 atom stereocenters. The highest BCUT2D eigenvalue weighted by Gasteiger charge is 2.71. The van der Waals surface area contributed by atoms with Crippen molar-refractivity contribution >= 4 is 5.69 Å². The lowest BCUT2D eigenvalue weighted by Gasteiger charge is -2.33. The number of anilines is 1. The van der Waals surface area contributed by atoms with E-state index in [4.69, 9.17) is 0 Å². The average Bonchev–Trinajstić information content (AvgIpc) is 2.54. The number of rotatable bonds is 1. The van der Waals surface area contributed by atoms with Gasteiger partial charge in [-0.05, 0) is 31.4 Å². The molecule has 0 radical (unpaired) electrons. The fraction of sp³-hybridized carbons (Fsp3) is 0.429. The number of alkyl halides is 6. The minimum atomic E-state index is -5.87. The number of allylic oxidation sites excluding steroid dienone is 2. The molecule has 2 N–H and O–H groups in total. The second-order valence-electron chi connectivity index (χ2n) is 5.13. The summed E-state index contributed by atoms with van der Waals surface area (Å²) in [6, 6.07) is 2.52. The predicted octanol–water partition coefficient (Wildman–Crippen LogP) is 4.26. The van der Waals surface area contributed by atoms with Crippen molar-refractivity contribution in [2.45, 2.75) is 37.7 Å². The van der Waals surface area contributed by atoms with Gasteiger partial charge in [-0.3, -0.25) is 0 Å². The van der Waals surface area contributed by atoms with Crippen molar-refractivity contribution in [3.05, 3.63) is 41.1 Å². The lowest BCUT2D eigenvalue weighted by molar-refractivity contribution is -0.376. The van der Waals surface area contributed by atoms with Gasteiger partial charge in [0.05, 0.1) is 0 Å². The van der Waals surface area contributed by atoms with Crippen LogP contribution in [0.15, 0.2) is 30.0 Å². The third-order valence-electron chi connectivity index (χ3n) is 3.54. The van der Waals surface area contributed by atoms with Crippen LogP contribution in [0.5, 0.6) is 0 Å². The average molecular weight is 325 g/mol. The Balaban J connectivity index is 2.55. The molecule has 0 saturated carbocycles. The zero-order valence-electron chi connectivity index (χ0n) is 11.4. The second kappa shape index (κ2) is 5.19. The Morgan fingerprint density at radius 1 is 1.05 bits per heavy atom. The van der Waals surface area contributed by atoms with Crippen LogP contribution < -0.4 is 5.32 Å². The Morgan fingerprint density at radius 2 is 1.64 bits per heavy atom. The summed E-state index contributed by atoms with van der Waals surface area (Å²) in [4.78, 5) is 0. The zero-order valence-corrected chi connectivity index (χ0v) is 11.4. The molecule has 122 valence electrons. The molecule has 1 aliphatic rings. The Labute approximate surface area is 122 Å². The van der Waals surface area contributed by atoms with Gasteiger partial charge < -0.3 is 10.4 Å². The number of halogens is 6. The topological polar surface area (TPSA) is 32.3 Å². The Kier molecular flexibility index (Phi) is 3.93.